The molecule has 4 rings (SSSR count). The fourth-order valence-corrected chi connectivity index (χ4v) is 6.56. The molecule has 4 aliphatic heterocycles. The van der Waals surface area contributed by atoms with Gasteiger partial charge in [0.25, 0.3) is 0 Å². The number of morpholine rings is 1. The summed E-state index contributed by atoms with van der Waals surface area (Å²) in [6.07, 6.45) is 3.75. The number of likely N-dealkylation sites (tertiary alicyclic amines) is 1. The normalized spacial score (nSPS) is 31.9. The van der Waals surface area contributed by atoms with Crippen LogP contribution in [0.15, 0.2) is 25.3 Å². The van der Waals surface area contributed by atoms with Crippen molar-refractivity contribution in [2.75, 3.05) is 59.2 Å². The van der Waals surface area contributed by atoms with E-state index in [2.05, 4.69) is 18.1 Å². The van der Waals surface area contributed by atoms with Crippen LogP contribution < -0.4 is 0 Å². The number of rotatable bonds is 12. The molecule has 4 heterocycles. The van der Waals surface area contributed by atoms with Gasteiger partial charge < -0.3 is 29.1 Å². The van der Waals surface area contributed by atoms with Crippen LogP contribution in [-0.4, -0.2) is 121 Å². The predicted molar refractivity (Wildman–Crippen MR) is 135 cm³/mol. The van der Waals surface area contributed by atoms with Gasteiger partial charge in [-0.25, -0.2) is 0 Å². The minimum Gasteiger partial charge on any atom is -0.461 e. The summed E-state index contributed by atoms with van der Waals surface area (Å²) in [5, 5.41) is 10.3. The second-order valence-electron chi connectivity index (χ2n) is 10.7. The second-order valence-corrected chi connectivity index (χ2v) is 10.7. The van der Waals surface area contributed by atoms with E-state index in [9.17, 15) is 19.5 Å². The molecule has 10 nitrogen and oxygen atoms in total. The van der Waals surface area contributed by atoms with Gasteiger partial charge in [0.05, 0.1) is 43.8 Å². The van der Waals surface area contributed by atoms with Gasteiger partial charge in [0.2, 0.25) is 11.8 Å². The molecular formula is C27H41N3O7. The quantitative estimate of drug-likeness (QED) is 0.293. The largest absolute Gasteiger partial charge is 0.461 e. The number of carbonyl (C=O) groups is 3. The summed E-state index contributed by atoms with van der Waals surface area (Å²) in [4.78, 5) is 46.9. The Balaban J connectivity index is 1.67. The summed E-state index contributed by atoms with van der Waals surface area (Å²) < 4.78 is 17.3. The number of ether oxygens (including phenoxy) is 3. The van der Waals surface area contributed by atoms with E-state index in [1.807, 2.05) is 13.8 Å². The van der Waals surface area contributed by atoms with E-state index in [4.69, 9.17) is 14.2 Å². The summed E-state index contributed by atoms with van der Waals surface area (Å²) >= 11 is 0. The lowest BCUT2D eigenvalue weighted by molar-refractivity contribution is -0.156. The number of fused-ring (bicyclic) bond motifs is 1. The minimum absolute atomic E-state index is 0.0436. The molecule has 2 amide bonds. The Kier molecular flexibility index (Phi) is 8.73. The summed E-state index contributed by atoms with van der Waals surface area (Å²) in [7, 11) is 0. The summed E-state index contributed by atoms with van der Waals surface area (Å²) in [5.74, 6) is -2.77. The van der Waals surface area contributed by atoms with E-state index in [1.54, 1.807) is 11.0 Å². The molecule has 2 unspecified atom stereocenters. The molecule has 4 aliphatic rings. The molecule has 0 saturated carbocycles. The van der Waals surface area contributed by atoms with Crippen molar-refractivity contribution in [2.24, 2.45) is 17.8 Å². The molecule has 4 saturated heterocycles. The predicted octanol–water partition coefficient (Wildman–Crippen LogP) is 0.454. The maximum atomic E-state index is 14.3. The summed E-state index contributed by atoms with van der Waals surface area (Å²) in [6, 6.07) is -1.52. The molecule has 6 atom stereocenters. The van der Waals surface area contributed by atoms with E-state index < -0.39 is 41.6 Å². The molecule has 206 valence electrons. The van der Waals surface area contributed by atoms with Gasteiger partial charge in [-0.05, 0) is 18.8 Å². The van der Waals surface area contributed by atoms with Crippen LogP contribution in [0.3, 0.4) is 0 Å². The Labute approximate surface area is 219 Å². The molecule has 0 aromatic carbocycles. The van der Waals surface area contributed by atoms with Gasteiger partial charge in [0.1, 0.15) is 18.2 Å². The van der Waals surface area contributed by atoms with E-state index in [0.29, 0.717) is 45.7 Å². The van der Waals surface area contributed by atoms with Gasteiger partial charge in [0.15, 0.2) is 0 Å². The molecule has 2 bridgehead atoms. The van der Waals surface area contributed by atoms with Crippen LogP contribution in [0.25, 0.3) is 0 Å². The molecule has 0 radical (unpaired) electrons. The van der Waals surface area contributed by atoms with Crippen molar-refractivity contribution in [3.63, 3.8) is 0 Å². The number of esters is 1. The summed E-state index contributed by atoms with van der Waals surface area (Å²) in [6.45, 7) is 15.4. The van der Waals surface area contributed by atoms with Crippen molar-refractivity contribution in [1.29, 1.82) is 0 Å². The second kappa shape index (κ2) is 11.6. The van der Waals surface area contributed by atoms with E-state index >= 15 is 0 Å². The Bertz CT molecular complexity index is 889. The highest BCUT2D eigenvalue weighted by atomic mass is 16.6. The standard InChI is InChI=1S/C27H41N3O7/c1-5-9-29(11-10-28-12-15-35-16-13-28)25(33)23-27-8-7-20(37-27)21(26(34)36-14-6-2)22(27)24(32)30(23)19(17-31)18(3)4/h5-6,18-23,31H,1-2,7-17H2,3-4H3/t19-,20-,21+,22-,23?,27?/m0/s1. The van der Waals surface area contributed by atoms with Crippen molar-refractivity contribution in [2.45, 2.75) is 50.5 Å². The molecule has 4 fully saturated rings. The third-order valence-electron chi connectivity index (χ3n) is 8.35. The Morgan fingerprint density at radius 2 is 2.00 bits per heavy atom. The number of nitrogens with zero attached hydrogens (tertiary/aromatic N) is 3. The van der Waals surface area contributed by atoms with Crippen LogP contribution >= 0.6 is 0 Å². The Hall–Kier alpha value is -2.27. The lowest BCUT2D eigenvalue weighted by Crippen LogP contribution is -2.60. The smallest absolute Gasteiger partial charge is 0.312 e. The van der Waals surface area contributed by atoms with Crippen molar-refractivity contribution in [3.05, 3.63) is 25.3 Å². The molecular weight excluding hydrogens is 478 g/mol. The fraction of sp³-hybridized carbons (Fsp3) is 0.741. The first-order chi connectivity index (χ1) is 17.8. The van der Waals surface area contributed by atoms with Crippen LogP contribution in [-0.2, 0) is 28.6 Å². The fourth-order valence-electron chi connectivity index (χ4n) is 6.56. The Morgan fingerprint density at radius 3 is 2.62 bits per heavy atom. The minimum atomic E-state index is -1.13. The lowest BCUT2D eigenvalue weighted by Gasteiger charge is -2.40. The number of aliphatic hydroxyl groups is 1. The molecule has 0 aliphatic carbocycles. The van der Waals surface area contributed by atoms with Gasteiger partial charge in [-0.3, -0.25) is 19.3 Å². The summed E-state index contributed by atoms with van der Waals surface area (Å²) in [5.41, 5.74) is -1.13. The van der Waals surface area contributed by atoms with Crippen molar-refractivity contribution < 1.29 is 33.7 Å². The number of hydrogen-bond donors (Lipinski definition) is 1. The number of carbonyl (C=O) groups excluding carboxylic acids is 3. The van der Waals surface area contributed by atoms with E-state index in [0.717, 1.165) is 13.1 Å². The van der Waals surface area contributed by atoms with Gasteiger partial charge in [0, 0.05) is 32.7 Å². The lowest BCUT2D eigenvalue weighted by atomic mass is 9.70. The third-order valence-corrected chi connectivity index (χ3v) is 8.35. The number of aliphatic hydroxyl groups excluding tert-OH is 1. The van der Waals surface area contributed by atoms with Crippen LogP contribution in [0.2, 0.25) is 0 Å². The maximum absolute atomic E-state index is 14.3. The topological polar surface area (TPSA) is 109 Å². The average molecular weight is 520 g/mol. The SMILES string of the molecule is C=CCOC(=O)[C@@H]1[C@@H]2CCC3(O2)C(C(=O)N(CC=C)CCN2CCOCC2)N([C@@H](CO)C(C)C)C(=O)[C@H]13. The van der Waals surface area contributed by atoms with Crippen molar-refractivity contribution in [1.82, 2.24) is 14.7 Å². The van der Waals surface area contributed by atoms with Crippen LogP contribution in [0.1, 0.15) is 26.7 Å². The first kappa shape index (κ1) is 27.8. The van der Waals surface area contributed by atoms with E-state index in [-0.39, 0.29) is 30.9 Å². The molecule has 10 heteroatoms. The monoisotopic (exact) mass is 519 g/mol. The van der Waals surface area contributed by atoms with Gasteiger partial charge in [-0.2, -0.15) is 0 Å². The highest BCUT2D eigenvalue weighted by Gasteiger charge is 2.75. The van der Waals surface area contributed by atoms with Gasteiger partial charge >= 0.3 is 5.97 Å². The molecule has 1 spiro atoms. The van der Waals surface area contributed by atoms with Crippen LogP contribution in [0.5, 0.6) is 0 Å². The molecule has 0 aromatic heterocycles. The van der Waals surface area contributed by atoms with Crippen molar-refractivity contribution in [3.8, 4) is 0 Å². The van der Waals surface area contributed by atoms with Gasteiger partial charge in [-0.1, -0.05) is 32.6 Å². The third kappa shape index (κ3) is 4.96. The highest BCUT2D eigenvalue weighted by Crippen LogP contribution is 2.59. The van der Waals surface area contributed by atoms with Gasteiger partial charge in [-0.15, -0.1) is 6.58 Å². The number of amides is 2. The Morgan fingerprint density at radius 1 is 1.27 bits per heavy atom. The van der Waals surface area contributed by atoms with Crippen LogP contribution in [0.4, 0.5) is 0 Å². The highest BCUT2D eigenvalue weighted by molar-refractivity contribution is 5.98. The first-order valence-corrected chi connectivity index (χ1v) is 13.4. The van der Waals surface area contributed by atoms with E-state index in [1.165, 1.54) is 11.0 Å². The number of hydrogen-bond acceptors (Lipinski definition) is 8. The zero-order valence-electron chi connectivity index (χ0n) is 22.0. The molecule has 0 aromatic rings. The zero-order valence-corrected chi connectivity index (χ0v) is 22.0. The van der Waals surface area contributed by atoms with Crippen LogP contribution in [0, 0.1) is 17.8 Å². The zero-order chi connectivity index (χ0) is 26.7. The molecule has 1 N–H and O–H groups in total. The average Bonchev–Trinajstić information content (AvgIpc) is 3.53. The van der Waals surface area contributed by atoms with Crippen molar-refractivity contribution >= 4 is 17.8 Å². The maximum Gasteiger partial charge on any atom is 0.312 e. The first-order valence-electron chi connectivity index (χ1n) is 13.4. The molecule has 37 heavy (non-hydrogen) atoms.